The lowest BCUT2D eigenvalue weighted by atomic mass is 10.1. The summed E-state index contributed by atoms with van der Waals surface area (Å²) in [5.74, 6) is -1.33. The van der Waals surface area contributed by atoms with Crippen molar-refractivity contribution in [1.29, 1.82) is 0 Å². The third-order valence-corrected chi connectivity index (χ3v) is 4.33. The molecule has 2 N–H and O–H groups in total. The van der Waals surface area contributed by atoms with E-state index in [2.05, 4.69) is 10.2 Å². The number of esters is 1. The second kappa shape index (κ2) is 7.91. The van der Waals surface area contributed by atoms with Crippen LogP contribution in [0.2, 0.25) is 0 Å². The summed E-state index contributed by atoms with van der Waals surface area (Å²) in [7, 11) is 0. The molecule has 0 spiro atoms. The molecule has 0 aliphatic carbocycles. The molecule has 26 heavy (non-hydrogen) atoms. The number of nitrogens with one attached hydrogen (secondary N) is 1. The number of aromatic hydroxyl groups is 1. The number of amides is 1. The predicted octanol–water partition coefficient (Wildman–Crippen LogP) is 3.10. The molecule has 0 aromatic heterocycles. The molecule has 0 bridgehead atoms. The average molecular weight is 354 g/mol. The first-order valence-corrected chi connectivity index (χ1v) is 8.64. The summed E-state index contributed by atoms with van der Waals surface area (Å²) in [6, 6.07) is 12.2. The third kappa shape index (κ3) is 4.33. The van der Waals surface area contributed by atoms with E-state index in [1.54, 1.807) is 13.0 Å². The Bertz CT molecular complexity index is 796. The number of rotatable bonds is 5. The van der Waals surface area contributed by atoms with Crippen LogP contribution in [0.3, 0.4) is 0 Å². The van der Waals surface area contributed by atoms with Crippen molar-refractivity contribution in [3.8, 4) is 5.75 Å². The van der Waals surface area contributed by atoms with Gasteiger partial charge < -0.3 is 20.1 Å². The maximum Gasteiger partial charge on any atom is 0.342 e. The Morgan fingerprint density at radius 2 is 1.81 bits per heavy atom. The second-order valence-corrected chi connectivity index (χ2v) is 6.39. The molecule has 1 amide bonds. The first kappa shape index (κ1) is 17.8. The summed E-state index contributed by atoms with van der Waals surface area (Å²) in [5, 5.41) is 12.4. The predicted molar refractivity (Wildman–Crippen MR) is 99.6 cm³/mol. The lowest BCUT2D eigenvalue weighted by molar-refractivity contribution is -0.119. The van der Waals surface area contributed by atoms with E-state index < -0.39 is 18.5 Å². The van der Waals surface area contributed by atoms with Gasteiger partial charge in [0.2, 0.25) is 0 Å². The van der Waals surface area contributed by atoms with E-state index in [4.69, 9.17) is 4.74 Å². The van der Waals surface area contributed by atoms with E-state index in [1.807, 2.05) is 24.3 Å². The smallest absolute Gasteiger partial charge is 0.342 e. The van der Waals surface area contributed by atoms with Crippen LogP contribution in [0, 0.1) is 6.92 Å². The fourth-order valence-corrected chi connectivity index (χ4v) is 2.95. The zero-order valence-electron chi connectivity index (χ0n) is 14.7. The number of phenolic OH excluding ortho intramolecular Hbond substituents is 1. The average Bonchev–Trinajstić information content (AvgIpc) is 3.17. The summed E-state index contributed by atoms with van der Waals surface area (Å²) in [4.78, 5) is 26.3. The highest BCUT2D eigenvalue weighted by molar-refractivity contribution is 5.96. The van der Waals surface area contributed by atoms with E-state index >= 15 is 0 Å². The SMILES string of the molecule is Cc1ccc(O)c(C(=O)OCC(=O)Nc2ccc(N3CCCC3)cc2)c1. The molecular weight excluding hydrogens is 332 g/mol. The van der Waals surface area contributed by atoms with E-state index in [-0.39, 0.29) is 11.3 Å². The Kier molecular flexibility index (Phi) is 5.41. The molecule has 0 unspecified atom stereocenters. The lowest BCUT2D eigenvalue weighted by Crippen LogP contribution is -2.21. The van der Waals surface area contributed by atoms with Crippen LogP contribution in [-0.2, 0) is 9.53 Å². The molecular formula is C20H22N2O4. The first-order chi connectivity index (χ1) is 12.5. The number of phenols is 1. The van der Waals surface area contributed by atoms with E-state index in [1.165, 1.54) is 25.0 Å². The summed E-state index contributed by atoms with van der Waals surface area (Å²) >= 11 is 0. The van der Waals surface area contributed by atoms with Crippen molar-refractivity contribution < 1.29 is 19.4 Å². The number of ether oxygens (including phenoxy) is 1. The van der Waals surface area contributed by atoms with Crippen LogP contribution in [0.15, 0.2) is 42.5 Å². The van der Waals surface area contributed by atoms with Crippen molar-refractivity contribution in [3.05, 3.63) is 53.6 Å². The van der Waals surface area contributed by atoms with E-state index in [9.17, 15) is 14.7 Å². The third-order valence-electron chi connectivity index (χ3n) is 4.33. The van der Waals surface area contributed by atoms with Crippen LogP contribution in [0.1, 0.15) is 28.8 Å². The molecule has 1 heterocycles. The number of anilines is 2. The van der Waals surface area contributed by atoms with Crippen LogP contribution >= 0.6 is 0 Å². The summed E-state index contributed by atoms with van der Waals surface area (Å²) < 4.78 is 4.98. The van der Waals surface area contributed by atoms with Gasteiger partial charge in [-0.25, -0.2) is 4.79 Å². The Morgan fingerprint density at radius 3 is 2.50 bits per heavy atom. The maximum atomic E-state index is 12.0. The normalized spacial score (nSPS) is 13.5. The van der Waals surface area contributed by atoms with Gasteiger partial charge >= 0.3 is 5.97 Å². The minimum Gasteiger partial charge on any atom is -0.507 e. The van der Waals surface area contributed by atoms with Crippen LogP contribution in [-0.4, -0.2) is 36.7 Å². The van der Waals surface area contributed by atoms with Gasteiger partial charge in [-0.3, -0.25) is 4.79 Å². The topological polar surface area (TPSA) is 78.9 Å². The van der Waals surface area contributed by atoms with Crippen molar-refractivity contribution >= 4 is 23.3 Å². The highest BCUT2D eigenvalue weighted by Crippen LogP contribution is 2.22. The van der Waals surface area contributed by atoms with Crippen LogP contribution in [0.5, 0.6) is 5.75 Å². The molecule has 1 aliphatic rings. The standard InChI is InChI=1S/C20H22N2O4/c1-14-4-9-18(23)17(12-14)20(25)26-13-19(24)21-15-5-7-16(8-6-15)22-10-2-3-11-22/h4-9,12,23H,2-3,10-11,13H2,1H3,(H,21,24). The fourth-order valence-electron chi connectivity index (χ4n) is 2.95. The monoisotopic (exact) mass is 354 g/mol. The summed E-state index contributed by atoms with van der Waals surface area (Å²) in [6.45, 7) is 3.51. The molecule has 1 aliphatic heterocycles. The molecule has 3 rings (SSSR count). The van der Waals surface area contributed by atoms with Gasteiger partial charge in [0.25, 0.3) is 5.91 Å². The Hall–Kier alpha value is -3.02. The van der Waals surface area contributed by atoms with Gasteiger partial charge in [0.15, 0.2) is 6.61 Å². The van der Waals surface area contributed by atoms with Crippen molar-refractivity contribution in [1.82, 2.24) is 0 Å². The van der Waals surface area contributed by atoms with Crippen LogP contribution in [0.25, 0.3) is 0 Å². The summed E-state index contributed by atoms with van der Waals surface area (Å²) in [6.07, 6.45) is 2.42. The van der Waals surface area contributed by atoms with Crippen LogP contribution in [0.4, 0.5) is 11.4 Å². The number of nitrogens with zero attached hydrogens (tertiary/aromatic N) is 1. The zero-order chi connectivity index (χ0) is 18.5. The maximum absolute atomic E-state index is 12.0. The number of carbonyl (C=O) groups excluding carboxylic acids is 2. The number of benzene rings is 2. The highest BCUT2D eigenvalue weighted by Gasteiger charge is 2.15. The first-order valence-electron chi connectivity index (χ1n) is 8.64. The number of hydrogen-bond acceptors (Lipinski definition) is 5. The minimum atomic E-state index is -0.731. The molecule has 1 saturated heterocycles. The van der Waals surface area contributed by atoms with Crippen molar-refractivity contribution in [3.63, 3.8) is 0 Å². The molecule has 2 aromatic carbocycles. The molecule has 1 fully saturated rings. The van der Waals surface area contributed by atoms with Crippen LogP contribution < -0.4 is 10.2 Å². The van der Waals surface area contributed by atoms with Gasteiger partial charge in [0.1, 0.15) is 11.3 Å². The van der Waals surface area contributed by atoms with Crippen molar-refractivity contribution in [2.24, 2.45) is 0 Å². The van der Waals surface area contributed by atoms with Gasteiger partial charge in [0.05, 0.1) is 0 Å². The zero-order valence-corrected chi connectivity index (χ0v) is 14.7. The highest BCUT2D eigenvalue weighted by atomic mass is 16.5. The van der Waals surface area contributed by atoms with E-state index in [0.717, 1.165) is 24.3 Å². The molecule has 2 aromatic rings. The number of hydrogen-bond donors (Lipinski definition) is 2. The van der Waals surface area contributed by atoms with Gasteiger partial charge in [-0.1, -0.05) is 11.6 Å². The van der Waals surface area contributed by atoms with Crippen molar-refractivity contribution in [2.75, 3.05) is 29.9 Å². The van der Waals surface area contributed by atoms with Gasteiger partial charge in [-0.05, 0) is 56.2 Å². The van der Waals surface area contributed by atoms with E-state index in [0.29, 0.717) is 5.69 Å². The Morgan fingerprint density at radius 1 is 1.12 bits per heavy atom. The summed E-state index contributed by atoms with van der Waals surface area (Å²) in [5.41, 5.74) is 2.65. The van der Waals surface area contributed by atoms with Gasteiger partial charge in [-0.2, -0.15) is 0 Å². The Labute approximate surface area is 152 Å². The quantitative estimate of drug-likeness (QED) is 0.807. The molecule has 0 radical (unpaired) electrons. The molecule has 136 valence electrons. The number of aryl methyl sites for hydroxylation is 1. The molecule has 6 nitrogen and oxygen atoms in total. The molecule has 0 atom stereocenters. The lowest BCUT2D eigenvalue weighted by Gasteiger charge is -2.17. The van der Waals surface area contributed by atoms with Crippen molar-refractivity contribution in [2.45, 2.75) is 19.8 Å². The number of carbonyl (C=O) groups is 2. The largest absolute Gasteiger partial charge is 0.507 e. The minimum absolute atomic E-state index is 0.0489. The second-order valence-electron chi connectivity index (χ2n) is 6.39. The van der Waals surface area contributed by atoms with Gasteiger partial charge in [0, 0.05) is 24.5 Å². The Balaban J connectivity index is 1.52. The molecule has 0 saturated carbocycles. The molecule has 6 heteroatoms. The fraction of sp³-hybridized carbons (Fsp3) is 0.300. The van der Waals surface area contributed by atoms with Gasteiger partial charge in [-0.15, -0.1) is 0 Å².